The number of hydrogen-bond acceptors (Lipinski definition) is 4. The first-order chi connectivity index (χ1) is 11.5. The average molecular weight is 322 g/mol. The zero-order chi connectivity index (χ0) is 17.3. The molecule has 1 aliphatic rings. The first-order valence-corrected chi connectivity index (χ1v) is 7.96. The van der Waals surface area contributed by atoms with Gasteiger partial charge < -0.3 is 4.74 Å². The molecule has 2 aromatic rings. The molecule has 4 heteroatoms. The number of Topliss-reactive ketones (excluding diaryl/α,β-unsaturated/α-hetero) is 2. The highest BCUT2D eigenvalue weighted by Crippen LogP contribution is 2.45. The van der Waals surface area contributed by atoms with E-state index in [0.717, 1.165) is 0 Å². The van der Waals surface area contributed by atoms with Gasteiger partial charge in [-0.15, -0.1) is 0 Å². The van der Waals surface area contributed by atoms with E-state index in [-0.39, 0.29) is 18.2 Å². The molecule has 3 rings (SSSR count). The van der Waals surface area contributed by atoms with Crippen molar-refractivity contribution in [1.29, 1.82) is 0 Å². The van der Waals surface area contributed by atoms with Gasteiger partial charge in [-0.2, -0.15) is 0 Å². The van der Waals surface area contributed by atoms with E-state index < -0.39 is 17.3 Å². The lowest BCUT2D eigenvalue weighted by molar-refractivity contribution is -0.148. The summed E-state index contributed by atoms with van der Waals surface area (Å²) in [6.07, 6.45) is 0. The van der Waals surface area contributed by atoms with Crippen molar-refractivity contribution in [3.05, 3.63) is 71.3 Å². The lowest BCUT2D eigenvalue weighted by Gasteiger charge is -2.31. The van der Waals surface area contributed by atoms with Crippen molar-refractivity contribution >= 4 is 17.5 Å². The quantitative estimate of drug-likeness (QED) is 0.640. The Balaban J connectivity index is 2.24. The first-order valence-electron chi connectivity index (χ1n) is 7.96. The summed E-state index contributed by atoms with van der Waals surface area (Å²) in [5.74, 6) is -2.13. The van der Waals surface area contributed by atoms with Crippen molar-refractivity contribution in [3.63, 3.8) is 0 Å². The molecular weight excluding hydrogens is 304 g/mol. The Morgan fingerprint density at radius 1 is 0.958 bits per heavy atom. The lowest BCUT2D eigenvalue weighted by atomic mass is 9.67. The van der Waals surface area contributed by atoms with E-state index >= 15 is 0 Å². The van der Waals surface area contributed by atoms with Crippen LogP contribution in [0.15, 0.2) is 54.6 Å². The molecule has 0 aliphatic heterocycles. The van der Waals surface area contributed by atoms with Gasteiger partial charge in [0.2, 0.25) is 0 Å². The van der Waals surface area contributed by atoms with Crippen LogP contribution in [0.3, 0.4) is 0 Å². The Labute approximate surface area is 140 Å². The van der Waals surface area contributed by atoms with Crippen LogP contribution in [0.25, 0.3) is 0 Å². The predicted octanol–water partition coefficient (Wildman–Crippen LogP) is 3.20. The molecule has 0 heterocycles. The monoisotopic (exact) mass is 322 g/mol. The van der Waals surface area contributed by atoms with Crippen LogP contribution in [-0.2, 0) is 14.9 Å². The van der Waals surface area contributed by atoms with Gasteiger partial charge in [-0.3, -0.25) is 14.4 Å². The summed E-state index contributed by atoms with van der Waals surface area (Å²) in [7, 11) is 0. The largest absolute Gasteiger partial charge is 0.466 e. The number of esters is 1. The van der Waals surface area contributed by atoms with E-state index in [4.69, 9.17) is 4.74 Å². The van der Waals surface area contributed by atoms with Crippen LogP contribution >= 0.6 is 0 Å². The maximum Gasteiger partial charge on any atom is 0.310 e. The first kappa shape index (κ1) is 16.1. The molecule has 2 aromatic carbocycles. The molecule has 0 saturated carbocycles. The zero-order valence-corrected chi connectivity index (χ0v) is 13.6. The Kier molecular flexibility index (Phi) is 4.06. The number of carbonyl (C=O) groups is 3. The van der Waals surface area contributed by atoms with Crippen LogP contribution in [0.1, 0.15) is 40.1 Å². The SMILES string of the molecule is CCOC(=O)[C@@H](C)C1(c2ccccc2)C(=O)c2ccccc2C1=O. The summed E-state index contributed by atoms with van der Waals surface area (Å²) in [6.45, 7) is 3.49. The van der Waals surface area contributed by atoms with E-state index in [1.807, 2.05) is 6.07 Å². The molecule has 0 bridgehead atoms. The van der Waals surface area contributed by atoms with E-state index in [1.54, 1.807) is 62.4 Å². The van der Waals surface area contributed by atoms with Gasteiger partial charge in [0.25, 0.3) is 0 Å². The smallest absolute Gasteiger partial charge is 0.310 e. The molecule has 24 heavy (non-hydrogen) atoms. The van der Waals surface area contributed by atoms with Crippen LogP contribution in [0.4, 0.5) is 0 Å². The van der Waals surface area contributed by atoms with Crippen LogP contribution in [-0.4, -0.2) is 24.1 Å². The van der Waals surface area contributed by atoms with Gasteiger partial charge in [-0.25, -0.2) is 0 Å². The van der Waals surface area contributed by atoms with Gasteiger partial charge in [0.1, 0.15) is 5.41 Å². The summed E-state index contributed by atoms with van der Waals surface area (Å²) >= 11 is 0. The lowest BCUT2D eigenvalue weighted by Crippen LogP contribution is -2.48. The van der Waals surface area contributed by atoms with Crippen molar-refractivity contribution < 1.29 is 19.1 Å². The minimum absolute atomic E-state index is 0.198. The molecule has 1 aliphatic carbocycles. The average Bonchev–Trinajstić information content (AvgIpc) is 2.84. The fourth-order valence-electron chi connectivity index (χ4n) is 3.46. The molecule has 4 nitrogen and oxygen atoms in total. The van der Waals surface area contributed by atoms with Crippen molar-refractivity contribution in [3.8, 4) is 0 Å². The zero-order valence-electron chi connectivity index (χ0n) is 13.6. The number of ketones is 2. The highest BCUT2D eigenvalue weighted by molar-refractivity contribution is 6.34. The van der Waals surface area contributed by atoms with Gasteiger partial charge >= 0.3 is 5.97 Å². The minimum atomic E-state index is -1.56. The maximum atomic E-state index is 13.3. The summed E-state index contributed by atoms with van der Waals surface area (Å²) in [5, 5.41) is 0. The van der Waals surface area contributed by atoms with Crippen molar-refractivity contribution in [2.75, 3.05) is 6.61 Å². The van der Waals surface area contributed by atoms with Gasteiger partial charge in [0.05, 0.1) is 12.5 Å². The highest BCUT2D eigenvalue weighted by atomic mass is 16.5. The second-order valence-corrected chi connectivity index (χ2v) is 5.85. The third-order valence-corrected chi connectivity index (χ3v) is 4.65. The molecule has 0 amide bonds. The molecule has 0 saturated heterocycles. The second kappa shape index (κ2) is 6.04. The van der Waals surface area contributed by atoms with Gasteiger partial charge in [-0.1, -0.05) is 61.5 Å². The molecular formula is C20H18O4. The summed E-state index contributed by atoms with van der Waals surface area (Å²) in [6, 6.07) is 15.5. The summed E-state index contributed by atoms with van der Waals surface area (Å²) in [4.78, 5) is 38.9. The van der Waals surface area contributed by atoms with Crippen molar-refractivity contribution in [2.24, 2.45) is 5.92 Å². The Hall–Kier alpha value is -2.75. The highest BCUT2D eigenvalue weighted by Gasteiger charge is 2.59. The molecule has 0 spiro atoms. The molecule has 0 unspecified atom stereocenters. The summed E-state index contributed by atoms with van der Waals surface area (Å²) in [5.41, 5.74) is -0.307. The van der Waals surface area contributed by atoms with Crippen molar-refractivity contribution in [1.82, 2.24) is 0 Å². The number of fused-ring (bicyclic) bond motifs is 1. The predicted molar refractivity (Wildman–Crippen MR) is 89.0 cm³/mol. The van der Waals surface area contributed by atoms with E-state index in [0.29, 0.717) is 16.7 Å². The van der Waals surface area contributed by atoms with Crippen LogP contribution in [0.2, 0.25) is 0 Å². The third-order valence-electron chi connectivity index (χ3n) is 4.65. The number of ether oxygens (including phenoxy) is 1. The third kappa shape index (κ3) is 2.10. The van der Waals surface area contributed by atoms with E-state index in [1.165, 1.54) is 0 Å². The number of rotatable bonds is 4. The summed E-state index contributed by atoms with van der Waals surface area (Å²) < 4.78 is 5.11. The number of carbonyl (C=O) groups excluding carboxylic acids is 3. The van der Waals surface area contributed by atoms with Crippen LogP contribution in [0, 0.1) is 5.92 Å². The molecule has 0 radical (unpaired) electrons. The van der Waals surface area contributed by atoms with Gasteiger partial charge in [-0.05, 0) is 12.5 Å². The second-order valence-electron chi connectivity index (χ2n) is 5.85. The fourth-order valence-corrected chi connectivity index (χ4v) is 3.46. The standard InChI is InChI=1S/C20H18O4/c1-3-24-19(23)13(2)20(14-9-5-4-6-10-14)17(21)15-11-7-8-12-16(15)18(20)22/h4-13H,3H2,1-2H3/t13-/m1/s1. The Bertz CT molecular complexity index is 772. The topological polar surface area (TPSA) is 60.4 Å². The van der Waals surface area contributed by atoms with E-state index in [9.17, 15) is 14.4 Å². The van der Waals surface area contributed by atoms with Crippen LogP contribution < -0.4 is 0 Å². The van der Waals surface area contributed by atoms with E-state index in [2.05, 4.69) is 0 Å². The molecule has 0 aromatic heterocycles. The molecule has 0 N–H and O–H groups in total. The minimum Gasteiger partial charge on any atom is -0.466 e. The maximum absolute atomic E-state index is 13.3. The molecule has 122 valence electrons. The van der Waals surface area contributed by atoms with Crippen molar-refractivity contribution in [2.45, 2.75) is 19.3 Å². The molecule has 0 fully saturated rings. The van der Waals surface area contributed by atoms with Gasteiger partial charge in [0, 0.05) is 11.1 Å². The number of benzene rings is 2. The fraction of sp³-hybridized carbons (Fsp3) is 0.250. The van der Waals surface area contributed by atoms with Crippen LogP contribution in [0.5, 0.6) is 0 Å². The number of hydrogen-bond donors (Lipinski definition) is 0. The molecule has 1 atom stereocenters. The van der Waals surface area contributed by atoms with Gasteiger partial charge in [0.15, 0.2) is 11.6 Å². The Morgan fingerprint density at radius 3 is 1.96 bits per heavy atom. The Morgan fingerprint density at radius 2 is 1.46 bits per heavy atom. The normalized spacial score (nSPS) is 16.6.